The Bertz CT molecular complexity index is 1060. The zero-order chi connectivity index (χ0) is 24.7. The fraction of sp³-hybridized carbons (Fsp3) is 0.417. The summed E-state index contributed by atoms with van der Waals surface area (Å²) < 4.78 is 13.8. The lowest BCUT2D eigenvalue weighted by Crippen LogP contribution is -2.24. The Balaban J connectivity index is 1.59. The zero-order valence-electron chi connectivity index (χ0n) is 19.1. The predicted molar refractivity (Wildman–Crippen MR) is 137 cm³/mol. The maximum atomic E-state index is 10.2. The van der Waals surface area contributed by atoms with Crippen LogP contribution in [0.1, 0.15) is 30.7 Å². The molecule has 0 aliphatic carbocycles. The molecule has 0 saturated heterocycles. The second-order valence-electron chi connectivity index (χ2n) is 8.47. The van der Waals surface area contributed by atoms with Gasteiger partial charge in [0.2, 0.25) is 0 Å². The normalized spacial score (nSPS) is 13.5. The van der Waals surface area contributed by atoms with Gasteiger partial charge in [0.15, 0.2) is 0 Å². The first-order valence-electron chi connectivity index (χ1n) is 10.8. The molecule has 0 bridgehead atoms. The first kappa shape index (κ1) is 26.7. The third-order valence-electron chi connectivity index (χ3n) is 5.43. The van der Waals surface area contributed by atoms with Gasteiger partial charge in [0.1, 0.15) is 42.6 Å². The second-order valence-corrected chi connectivity index (χ2v) is 9.94. The molecule has 3 aromatic rings. The third-order valence-corrected chi connectivity index (χ3v) is 6.63. The Labute approximate surface area is 217 Å². The van der Waals surface area contributed by atoms with Gasteiger partial charge in [-0.2, -0.15) is 0 Å². The number of aliphatic hydroxyl groups excluding tert-OH is 3. The maximum Gasteiger partial charge on any atom is 0.132 e. The van der Waals surface area contributed by atoms with Crippen molar-refractivity contribution in [2.75, 3.05) is 19.1 Å². The molecular weight excluding hydrogens is 573 g/mol. The van der Waals surface area contributed by atoms with Crippen LogP contribution in [0.15, 0.2) is 48.7 Å². The maximum absolute atomic E-state index is 10.2. The molecule has 0 saturated carbocycles. The lowest BCUT2D eigenvalue weighted by molar-refractivity contribution is 0.0888. The van der Waals surface area contributed by atoms with Gasteiger partial charge in [0, 0.05) is 5.41 Å². The number of ether oxygens (including phenoxy) is 2. The molecule has 3 N–H and O–H groups in total. The van der Waals surface area contributed by atoms with Crippen molar-refractivity contribution in [3.05, 3.63) is 69.1 Å². The first-order valence-corrected chi connectivity index (χ1v) is 12.4. The highest BCUT2D eigenvalue weighted by atomic mass is 127. The van der Waals surface area contributed by atoms with E-state index in [0.29, 0.717) is 17.2 Å². The monoisotopic (exact) mass is 601 g/mol. The Kier molecular flexibility index (Phi) is 9.55. The lowest BCUT2D eigenvalue weighted by Gasteiger charge is -2.27. The van der Waals surface area contributed by atoms with E-state index in [-0.39, 0.29) is 37.7 Å². The molecule has 2 atom stereocenters. The molecule has 184 valence electrons. The third kappa shape index (κ3) is 7.05. The van der Waals surface area contributed by atoms with Crippen molar-refractivity contribution in [1.82, 2.24) is 15.0 Å². The topological polar surface area (TPSA) is 110 Å². The van der Waals surface area contributed by atoms with Gasteiger partial charge in [-0.05, 0) is 58.0 Å². The summed E-state index contributed by atoms with van der Waals surface area (Å²) in [4.78, 5) is 0. The van der Waals surface area contributed by atoms with Gasteiger partial charge < -0.3 is 24.8 Å². The average Bonchev–Trinajstić information content (AvgIpc) is 3.29. The van der Waals surface area contributed by atoms with E-state index in [9.17, 15) is 10.2 Å². The molecule has 0 radical (unpaired) electrons. The van der Waals surface area contributed by atoms with Gasteiger partial charge in [-0.3, -0.25) is 0 Å². The number of hydrogen-bond acceptors (Lipinski definition) is 7. The van der Waals surface area contributed by atoms with Crippen molar-refractivity contribution in [2.24, 2.45) is 0 Å². The van der Waals surface area contributed by atoms with E-state index in [0.717, 1.165) is 14.7 Å². The van der Waals surface area contributed by atoms with Crippen LogP contribution in [0.3, 0.4) is 0 Å². The fourth-order valence-electron chi connectivity index (χ4n) is 3.33. The van der Waals surface area contributed by atoms with E-state index >= 15 is 0 Å². The SMILES string of the molecule is CC(C)(c1ccc(OCC(O)Cn2cc(CO)nn2)cc1)c1ccc(OC[C@@H](O)CCl)c(I)c1. The Morgan fingerprint density at radius 2 is 1.71 bits per heavy atom. The summed E-state index contributed by atoms with van der Waals surface area (Å²) in [6.45, 7) is 4.59. The fourth-order valence-corrected chi connectivity index (χ4v) is 4.09. The van der Waals surface area contributed by atoms with E-state index < -0.39 is 12.2 Å². The number of aromatic nitrogens is 3. The van der Waals surface area contributed by atoms with Gasteiger partial charge in [-0.1, -0.05) is 37.3 Å². The predicted octanol–water partition coefficient (Wildman–Crippen LogP) is 3.12. The molecular formula is C24H29ClIN3O5. The van der Waals surface area contributed by atoms with Crippen LogP contribution < -0.4 is 9.47 Å². The molecule has 0 fully saturated rings. The van der Waals surface area contributed by atoms with Gasteiger partial charge in [-0.25, -0.2) is 4.68 Å². The minimum absolute atomic E-state index is 0.106. The smallest absolute Gasteiger partial charge is 0.132 e. The van der Waals surface area contributed by atoms with Crippen molar-refractivity contribution >= 4 is 34.2 Å². The number of aliphatic hydroxyl groups is 3. The molecule has 8 nitrogen and oxygen atoms in total. The average molecular weight is 602 g/mol. The Morgan fingerprint density at radius 1 is 1.03 bits per heavy atom. The number of benzene rings is 2. The Morgan fingerprint density at radius 3 is 2.32 bits per heavy atom. The van der Waals surface area contributed by atoms with E-state index in [1.807, 2.05) is 36.4 Å². The van der Waals surface area contributed by atoms with Crippen LogP contribution in [0.5, 0.6) is 11.5 Å². The van der Waals surface area contributed by atoms with E-state index in [4.69, 9.17) is 26.2 Å². The van der Waals surface area contributed by atoms with Crippen LogP contribution in [0.25, 0.3) is 0 Å². The van der Waals surface area contributed by atoms with Crippen molar-refractivity contribution in [3.8, 4) is 11.5 Å². The highest BCUT2D eigenvalue weighted by Crippen LogP contribution is 2.35. The summed E-state index contributed by atoms with van der Waals surface area (Å²) in [7, 11) is 0. The largest absolute Gasteiger partial charge is 0.491 e. The number of nitrogens with zero attached hydrogens (tertiary/aromatic N) is 3. The van der Waals surface area contributed by atoms with Crippen LogP contribution in [0, 0.1) is 3.57 Å². The van der Waals surface area contributed by atoms with Gasteiger partial charge in [-0.15, -0.1) is 16.7 Å². The van der Waals surface area contributed by atoms with Gasteiger partial charge in [0.25, 0.3) is 0 Å². The van der Waals surface area contributed by atoms with Crippen LogP contribution in [0.2, 0.25) is 0 Å². The highest BCUT2D eigenvalue weighted by molar-refractivity contribution is 14.1. The molecule has 10 heteroatoms. The lowest BCUT2D eigenvalue weighted by atomic mass is 9.78. The molecule has 34 heavy (non-hydrogen) atoms. The van der Waals surface area contributed by atoms with Crippen LogP contribution in [-0.4, -0.2) is 61.6 Å². The molecule has 0 amide bonds. The van der Waals surface area contributed by atoms with Crippen LogP contribution >= 0.6 is 34.2 Å². The minimum atomic E-state index is -0.766. The molecule has 1 aromatic heterocycles. The molecule has 0 spiro atoms. The minimum Gasteiger partial charge on any atom is -0.491 e. The summed E-state index contributed by atoms with van der Waals surface area (Å²) in [6, 6.07) is 13.8. The number of alkyl halides is 1. The molecule has 0 aliphatic rings. The zero-order valence-corrected chi connectivity index (χ0v) is 22.0. The van der Waals surface area contributed by atoms with Crippen molar-refractivity contribution in [2.45, 2.75) is 44.6 Å². The number of halogens is 2. The summed E-state index contributed by atoms with van der Waals surface area (Å²) in [5, 5.41) is 36.5. The van der Waals surface area contributed by atoms with Crippen molar-refractivity contribution in [1.29, 1.82) is 0 Å². The first-order chi connectivity index (χ1) is 16.2. The van der Waals surface area contributed by atoms with Crippen LogP contribution in [-0.2, 0) is 18.6 Å². The summed E-state index contributed by atoms with van der Waals surface area (Å²) in [5.41, 5.74) is 2.43. The molecule has 1 heterocycles. The number of rotatable bonds is 12. The molecule has 2 aromatic carbocycles. The van der Waals surface area contributed by atoms with Gasteiger partial charge >= 0.3 is 0 Å². The summed E-state index contributed by atoms with van der Waals surface area (Å²) in [6.07, 6.45) is 0.123. The number of hydrogen-bond donors (Lipinski definition) is 3. The highest BCUT2D eigenvalue weighted by Gasteiger charge is 2.24. The molecule has 1 unspecified atom stereocenters. The molecule has 3 rings (SSSR count). The van der Waals surface area contributed by atoms with E-state index in [1.165, 1.54) is 4.68 Å². The van der Waals surface area contributed by atoms with Crippen molar-refractivity contribution < 1.29 is 24.8 Å². The Hall–Kier alpha value is -1.92. The van der Waals surface area contributed by atoms with Gasteiger partial charge in [0.05, 0.1) is 28.8 Å². The second kappa shape index (κ2) is 12.2. The summed E-state index contributed by atoms with van der Waals surface area (Å²) in [5.74, 6) is 1.50. The van der Waals surface area contributed by atoms with E-state index in [1.54, 1.807) is 6.20 Å². The van der Waals surface area contributed by atoms with Crippen LogP contribution in [0.4, 0.5) is 0 Å². The quantitative estimate of drug-likeness (QED) is 0.216. The summed E-state index contributed by atoms with van der Waals surface area (Å²) >= 11 is 7.86. The van der Waals surface area contributed by atoms with E-state index in [2.05, 4.69) is 52.8 Å². The van der Waals surface area contributed by atoms with Crippen molar-refractivity contribution in [3.63, 3.8) is 0 Å². The molecule has 0 aliphatic heterocycles. The standard InChI is InChI=1S/C24H29ClIN3O5/c1-24(2,17-5-8-23(22(26)9-17)34-14-19(31)10-25)16-3-6-21(7-4-16)33-15-20(32)12-29-11-18(13-30)27-28-29/h3-9,11,19-20,30-32H,10,12-15H2,1-2H3/t19-,20?/m0/s1.